The van der Waals surface area contributed by atoms with Crippen molar-refractivity contribution in [3.63, 3.8) is 0 Å². The zero-order chi connectivity index (χ0) is 12.7. The van der Waals surface area contributed by atoms with E-state index in [0.29, 0.717) is 12.1 Å². The summed E-state index contributed by atoms with van der Waals surface area (Å²) >= 11 is 3.36. The summed E-state index contributed by atoms with van der Waals surface area (Å²) in [6.07, 6.45) is 0. The number of halogens is 1. The van der Waals surface area contributed by atoms with Crippen molar-refractivity contribution in [2.24, 2.45) is 0 Å². The number of carbonyl (C=O) groups excluding carboxylic acids is 1. The van der Waals surface area contributed by atoms with Gasteiger partial charge in [0.1, 0.15) is 0 Å². The summed E-state index contributed by atoms with van der Waals surface area (Å²) in [6, 6.07) is 7.42. The van der Waals surface area contributed by atoms with Crippen molar-refractivity contribution < 1.29 is 4.79 Å². The first-order chi connectivity index (χ1) is 8.17. The van der Waals surface area contributed by atoms with Crippen LogP contribution in [0.15, 0.2) is 28.7 Å². The zero-order valence-corrected chi connectivity index (χ0v) is 12.0. The third kappa shape index (κ3) is 4.88. The van der Waals surface area contributed by atoms with Gasteiger partial charge in [-0.2, -0.15) is 0 Å². The molecule has 17 heavy (non-hydrogen) atoms. The van der Waals surface area contributed by atoms with Crippen LogP contribution in [0.1, 0.15) is 24.2 Å². The molecule has 0 saturated heterocycles. The molecule has 1 N–H and O–H groups in total. The molecule has 4 heteroatoms. The summed E-state index contributed by atoms with van der Waals surface area (Å²) in [5.74, 6) is -0.0153. The minimum Gasteiger partial charge on any atom is -0.351 e. The third-order valence-corrected chi connectivity index (χ3v) is 3.19. The second kappa shape index (κ2) is 7.45. The van der Waals surface area contributed by atoms with Crippen LogP contribution in [-0.2, 0) is 0 Å². The minimum absolute atomic E-state index is 0.0153. The summed E-state index contributed by atoms with van der Waals surface area (Å²) in [6.45, 7) is 7.87. The highest BCUT2D eigenvalue weighted by atomic mass is 79.9. The van der Waals surface area contributed by atoms with Gasteiger partial charge in [-0.15, -0.1) is 0 Å². The highest BCUT2D eigenvalue weighted by molar-refractivity contribution is 9.10. The zero-order valence-electron chi connectivity index (χ0n) is 10.4. The van der Waals surface area contributed by atoms with Gasteiger partial charge in [-0.25, -0.2) is 0 Å². The molecule has 0 heterocycles. The van der Waals surface area contributed by atoms with E-state index < -0.39 is 0 Å². The Morgan fingerprint density at radius 2 is 2.06 bits per heavy atom. The molecule has 3 nitrogen and oxygen atoms in total. The van der Waals surface area contributed by atoms with Gasteiger partial charge in [-0.1, -0.05) is 35.8 Å². The largest absolute Gasteiger partial charge is 0.351 e. The smallest absolute Gasteiger partial charge is 0.251 e. The lowest BCUT2D eigenvalue weighted by atomic mass is 10.2. The van der Waals surface area contributed by atoms with Crippen LogP contribution in [0.2, 0.25) is 0 Å². The fourth-order valence-electron chi connectivity index (χ4n) is 1.60. The predicted octanol–water partition coefficient (Wildman–Crippen LogP) is 2.52. The van der Waals surface area contributed by atoms with Crippen LogP contribution in [0.4, 0.5) is 0 Å². The molecule has 0 fully saturated rings. The van der Waals surface area contributed by atoms with Crippen molar-refractivity contribution in [1.29, 1.82) is 0 Å². The summed E-state index contributed by atoms with van der Waals surface area (Å²) < 4.78 is 0.925. The third-order valence-electron chi connectivity index (χ3n) is 2.69. The number of hydrogen-bond acceptors (Lipinski definition) is 2. The van der Waals surface area contributed by atoms with Crippen molar-refractivity contribution in [2.45, 2.75) is 13.8 Å². The molecule has 1 aromatic carbocycles. The van der Waals surface area contributed by atoms with Crippen molar-refractivity contribution in [3.05, 3.63) is 34.3 Å². The Morgan fingerprint density at radius 3 is 2.65 bits per heavy atom. The number of likely N-dealkylation sites (N-methyl/N-ethyl adjacent to an activating group) is 1. The van der Waals surface area contributed by atoms with Crippen LogP contribution in [0.25, 0.3) is 0 Å². The number of nitrogens with zero attached hydrogens (tertiary/aromatic N) is 1. The first kappa shape index (κ1) is 14.2. The van der Waals surface area contributed by atoms with Gasteiger partial charge in [-0.05, 0) is 31.3 Å². The van der Waals surface area contributed by atoms with Gasteiger partial charge in [0.15, 0.2) is 0 Å². The van der Waals surface area contributed by atoms with E-state index in [1.54, 1.807) is 0 Å². The molecule has 0 bridgehead atoms. The number of amides is 1. The summed E-state index contributed by atoms with van der Waals surface area (Å²) in [4.78, 5) is 14.1. The molecule has 0 aliphatic heterocycles. The fraction of sp³-hybridized carbons (Fsp3) is 0.462. The number of nitrogens with one attached hydrogen (secondary N) is 1. The number of hydrogen-bond donors (Lipinski definition) is 1. The maximum absolute atomic E-state index is 11.8. The van der Waals surface area contributed by atoms with Crippen LogP contribution in [0.5, 0.6) is 0 Å². The van der Waals surface area contributed by atoms with Gasteiger partial charge in [0.2, 0.25) is 0 Å². The average Bonchev–Trinajstić information content (AvgIpc) is 2.34. The topological polar surface area (TPSA) is 32.3 Å². The van der Waals surface area contributed by atoms with Crippen LogP contribution < -0.4 is 5.32 Å². The second-order valence-electron chi connectivity index (χ2n) is 3.79. The van der Waals surface area contributed by atoms with Crippen molar-refractivity contribution in [2.75, 3.05) is 26.2 Å². The lowest BCUT2D eigenvalue weighted by Crippen LogP contribution is -2.34. The summed E-state index contributed by atoms with van der Waals surface area (Å²) in [5.41, 5.74) is 0.693. The molecule has 1 aromatic rings. The van der Waals surface area contributed by atoms with Gasteiger partial charge in [0.25, 0.3) is 5.91 Å². The molecule has 0 aliphatic rings. The standard InChI is InChI=1S/C13H19BrN2O/c1-3-16(4-2)9-8-15-13(17)11-6-5-7-12(14)10-11/h5-7,10H,3-4,8-9H2,1-2H3,(H,15,17). The molecular formula is C13H19BrN2O. The van der Waals surface area contributed by atoms with E-state index in [4.69, 9.17) is 0 Å². The normalized spacial score (nSPS) is 10.6. The van der Waals surface area contributed by atoms with Crippen LogP contribution in [0, 0.1) is 0 Å². The fourth-order valence-corrected chi connectivity index (χ4v) is 2.00. The summed E-state index contributed by atoms with van der Waals surface area (Å²) in [7, 11) is 0. The van der Waals surface area contributed by atoms with Gasteiger partial charge in [-0.3, -0.25) is 4.79 Å². The average molecular weight is 299 g/mol. The van der Waals surface area contributed by atoms with E-state index in [0.717, 1.165) is 24.1 Å². The SMILES string of the molecule is CCN(CC)CCNC(=O)c1cccc(Br)c1. The first-order valence-electron chi connectivity index (χ1n) is 5.93. The second-order valence-corrected chi connectivity index (χ2v) is 4.71. The molecule has 1 amide bonds. The molecule has 0 radical (unpaired) electrons. The van der Waals surface area contributed by atoms with Gasteiger partial charge < -0.3 is 10.2 Å². The number of rotatable bonds is 6. The Labute approximate surface area is 111 Å². The lowest BCUT2D eigenvalue weighted by molar-refractivity contribution is 0.0949. The molecule has 94 valence electrons. The quantitative estimate of drug-likeness (QED) is 0.875. The van der Waals surface area contributed by atoms with E-state index >= 15 is 0 Å². The molecule has 0 spiro atoms. The van der Waals surface area contributed by atoms with Crippen molar-refractivity contribution in [3.8, 4) is 0 Å². The molecular weight excluding hydrogens is 280 g/mol. The minimum atomic E-state index is -0.0153. The molecule has 0 saturated carbocycles. The Hall–Kier alpha value is -0.870. The van der Waals surface area contributed by atoms with E-state index in [1.807, 2.05) is 24.3 Å². The maximum atomic E-state index is 11.8. The molecule has 1 rings (SSSR count). The van der Waals surface area contributed by atoms with Crippen LogP contribution in [-0.4, -0.2) is 37.0 Å². The van der Waals surface area contributed by atoms with Crippen molar-refractivity contribution in [1.82, 2.24) is 10.2 Å². The highest BCUT2D eigenvalue weighted by Gasteiger charge is 2.05. The van der Waals surface area contributed by atoms with Crippen LogP contribution >= 0.6 is 15.9 Å². The maximum Gasteiger partial charge on any atom is 0.251 e. The Morgan fingerprint density at radius 1 is 1.35 bits per heavy atom. The van der Waals surface area contributed by atoms with E-state index in [1.165, 1.54) is 0 Å². The van der Waals surface area contributed by atoms with Crippen LogP contribution in [0.3, 0.4) is 0 Å². The Balaban J connectivity index is 2.40. The lowest BCUT2D eigenvalue weighted by Gasteiger charge is -2.17. The Kier molecular flexibility index (Phi) is 6.22. The monoisotopic (exact) mass is 298 g/mol. The van der Waals surface area contributed by atoms with Gasteiger partial charge in [0.05, 0.1) is 0 Å². The number of benzene rings is 1. The molecule has 0 aromatic heterocycles. The predicted molar refractivity (Wildman–Crippen MR) is 74.3 cm³/mol. The molecule has 0 aliphatic carbocycles. The van der Waals surface area contributed by atoms with Gasteiger partial charge in [0, 0.05) is 23.1 Å². The van der Waals surface area contributed by atoms with Crippen molar-refractivity contribution >= 4 is 21.8 Å². The molecule has 0 unspecified atom stereocenters. The highest BCUT2D eigenvalue weighted by Crippen LogP contribution is 2.11. The van der Waals surface area contributed by atoms with E-state index in [2.05, 4.69) is 40.0 Å². The van der Waals surface area contributed by atoms with E-state index in [9.17, 15) is 4.79 Å². The molecule has 0 atom stereocenters. The number of carbonyl (C=O) groups is 1. The summed E-state index contributed by atoms with van der Waals surface area (Å²) in [5, 5.41) is 2.92. The first-order valence-corrected chi connectivity index (χ1v) is 6.72. The van der Waals surface area contributed by atoms with Gasteiger partial charge >= 0.3 is 0 Å². The van der Waals surface area contributed by atoms with E-state index in [-0.39, 0.29) is 5.91 Å². The Bertz CT molecular complexity index is 364.